The second-order valence-corrected chi connectivity index (χ2v) is 15.3. The van der Waals surface area contributed by atoms with Crippen LogP contribution in [0.25, 0.3) is 98.1 Å². The van der Waals surface area contributed by atoms with Crippen molar-refractivity contribution >= 4 is 92.9 Å². The maximum Gasteiger partial charge on any atom is 0.137 e. The third kappa shape index (κ3) is 5.27. The first kappa shape index (κ1) is 32.6. The largest absolute Gasteiger partial charge is 0.456 e. The highest BCUT2D eigenvalue weighted by atomic mass is 16.3. The van der Waals surface area contributed by atoms with E-state index in [2.05, 4.69) is 217 Å². The molecule has 270 valence electrons. The third-order valence-electron chi connectivity index (χ3n) is 12.0. The lowest BCUT2D eigenvalue weighted by Crippen LogP contribution is -2.09. The highest BCUT2D eigenvalue weighted by Crippen LogP contribution is 2.43. The molecule has 0 fully saturated rings. The Balaban J connectivity index is 1.02. The fourth-order valence-corrected chi connectivity index (χ4v) is 9.13. The maximum absolute atomic E-state index is 6.61. The molecular formula is C56H35NO. The number of furan rings is 1. The molecule has 0 aliphatic carbocycles. The molecule has 1 aromatic heterocycles. The normalized spacial score (nSPS) is 11.8. The smallest absolute Gasteiger partial charge is 0.137 e. The van der Waals surface area contributed by atoms with Crippen molar-refractivity contribution in [3.05, 3.63) is 212 Å². The summed E-state index contributed by atoms with van der Waals surface area (Å²) in [4.78, 5) is 2.35. The minimum absolute atomic E-state index is 0.867. The van der Waals surface area contributed by atoms with Crippen molar-refractivity contribution in [3.63, 3.8) is 0 Å². The number of nitrogens with zero attached hydrogens (tertiary/aromatic N) is 1. The Kier molecular flexibility index (Phi) is 7.26. The Morgan fingerprint density at radius 1 is 0.259 bits per heavy atom. The van der Waals surface area contributed by atoms with Crippen LogP contribution in [0.5, 0.6) is 0 Å². The molecule has 0 radical (unpaired) electrons. The van der Waals surface area contributed by atoms with Crippen molar-refractivity contribution in [2.45, 2.75) is 0 Å². The van der Waals surface area contributed by atoms with E-state index in [1.165, 1.54) is 76.1 Å². The van der Waals surface area contributed by atoms with Gasteiger partial charge in [0.15, 0.2) is 0 Å². The predicted octanol–water partition coefficient (Wildman–Crippen LogP) is 16.2. The zero-order valence-corrected chi connectivity index (χ0v) is 31.6. The highest BCUT2D eigenvalue weighted by molar-refractivity contribution is 6.16. The molecule has 0 saturated carbocycles. The van der Waals surface area contributed by atoms with Gasteiger partial charge in [-0.2, -0.15) is 0 Å². The van der Waals surface area contributed by atoms with Crippen molar-refractivity contribution in [2.75, 3.05) is 4.90 Å². The van der Waals surface area contributed by atoms with Gasteiger partial charge in [-0.3, -0.25) is 0 Å². The van der Waals surface area contributed by atoms with Gasteiger partial charge in [0.2, 0.25) is 0 Å². The Bertz CT molecular complexity index is 3580. The van der Waals surface area contributed by atoms with Gasteiger partial charge in [0, 0.05) is 33.9 Å². The lowest BCUT2D eigenvalue weighted by Gasteiger charge is -2.26. The Morgan fingerprint density at radius 3 is 1.64 bits per heavy atom. The van der Waals surface area contributed by atoms with E-state index in [-0.39, 0.29) is 0 Å². The van der Waals surface area contributed by atoms with Gasteiger partial charge in [-0.15, -0.1) is 0 Å². The zero-order chi connectivity index (χ0) is 38.2. The lowest BCUT2D eigenvalue weighted by molar-refractivity contribution is 0.669. The lowest BCUT2D eigenvalue weighted by atomic mass is 9.90. The van der Waals surface area contributed by atoms with Crippen molar-refractivity contribution < 1.29 is 4.42 Å². The molecule has 0 aliphatic heterocycles. The molecule has 0 aliphatic rings. The monoisotopic (exact) mass is 737 g/mol. The van der Waals surface area contributed by atoms with E-state index in [0.717, 1.165) is 39.0 Å². The van der Waals surface area contributed by atoms with Crippen LogP contribution in [0.2, 0.25) is 0 Å². The van der Waals surface area contributed by atoms with Gasteiger partial charge in [-0.25, -0.2) is 0 Å². The molecular weight excluding hydrogens is 703 g/mol. The standard InChI is InChI=1S/C56H35NO/c1-2-11-38-30-41(21-20-36(38)10-1)37-22-24-44(25-23-37)57(46-27-29-52-54-32-39-12-3-4-13-40(39)34-55(54)58-56(52)35-46)45-26-28-48-42(31-45)15-9-19-50(48)53-33-43-14-5-6-16-47(43)49-17-7-8-18-51(49)53/h1-35H. The molecule has 0 bridgehead atoms. The van der Waals surface area contributed by atoms with Gasteiger partial charge < -0.3 is 9.32 Å². The van der Waals surface area contributed by atoms with Crippen molar-refractivity contribution in [3.8, 4) is 22.3 Å². The van der Waals surface area contributed by atoms with Crippen LogP contribution in [-0.2, 0) is 0 Å². The first-order valence-electron chi connectivity index (χ1n) is 19.9. The van der Waals surface area contributed by atoms with Crippen molar-refractivity contribution in [1.82, 2.24) is 0 Å². The van der Waals surface area contributed by atoms with Crippen molar-refractivity contribution in [2.24, 2.45) is 0 Å². The molecule has 2 nitrogen and oxygen atoms in total. The molecule has 58 heavy (non-hydrogen) atoms. The summed E-state index contributed by atoms with van der Waals surface area (Å²) in [5.74, 6) is 0. The van der Waals surface area contributed by atoms with E-state index in [1.807, 2.05) is 0 Å². The Morgan fingerprint density at radius 2 is 0.828 bits per heavy atom. The molecule has 0 N–H and O–H groups in total. The first-order valence-corrected chi connectivity index (χ1v) is 19.9. The number of hydrogen-bond acceptors (Lipinski definition) is 2. The molecule has 0 atom stereocenters. The number of anilines is 3. The van der Waals surface area contributed by atoms with E-state index < -0.39 is 0 Å². The summed E-state index contributed by atoms with van der Waals surface area (Å²) in [6.07, 6.45) is 0. The SMILES string of the molecule is c1ccc2cc(-c3ccc(N(c4ccc5c(-c6cc7ccccc7c7ccccc67)cccc5c4)c4ccc5c(c4)oc4cc6ccccc6cc45)cc3)ccc2c1. The van der Waals surface area contributed by atoms with Crippen molar-refractivity contribution in [1.29, 1.82) is 0 Å². The Labute approximate surface area is 335 Å². The minimum atomic E-state index is 0.867. The summed E-state index contributed by atoms with van der Waals surface area (Å²) in [6, 6.07) is 77.2. The summed E-state index contributed by atoms with van der Waals surface area (Å²) in [5, 5.41) is 14.6. The van der Waals surface area contributed by atoms with Gasteiger partial charge in [0.25, 0.3) is 0 Å². The number of hydrogen-bond donors (Lipinski definition) is 0. The van der Waals surface area contributed by atoms with Crippen LogP contribution >= 0.6 is 0 Å². The fraction of sp³-hybridized carbons (Fsp3) is 0. The summed E-state index contributed by atoms with van der Waals surface area (Å²) in [5.41, 5.74) is 9.81. The van der Waals surface area contributed by atoms with Crippen LogP contribution < -0.4 is 4.90 Å². The molecule has 2 heteroatoms. The number of benzene rings is 11. The number of fused-ring (bicyclic) bond motifs is 9. The minimum Gasteiger partial charge on any atom is -0.456 e. The van der Waals surface area contributed by atoms with Crippen LogP contribution in [0.1, 0.15) is 0 Å². The first-order chi connectivity index (χ1) is 28.7. The maximum atomic E-state index is 6.61. The second-order valence-electron chi connectivity index (χ2n) is 15.3. The number of rotatable bonds is 5. The van der Waals surface area contributed by atoms with E-state index >= 15 is 0 Å². The van der Waals surface area contributed by atoms with Gasteiger partial charge in [0.05, 0.1) is 0 Å². The zero-order valence-electron chi connectivity index (χ0n) is 31.6. The van der Waals surface area contributed by atoms with Gasteiger partial charge in [-0.1, -0.05) is 146 Å². The molecule has 12 aromatic rings. The fourth-order valence-electron chi connectivity index (χ4n) is 9.13. The molecule has 12 rings (SSSR count). The third-order valence-corrected chi connectivity index (χ3v) is 12.0. The van der Waals surface area contributed by atoms with Crippen LogP contribution in [0, 0.1) is 0 Å². The molecule has 0 unspecified atom stereocenters. The van der Waals surface area contributed by atoms with Gasteiger partial charge in [-0.05, 0) is 137 Å². The van der Waals surface area contributed by atoms with E-state index in [1.54, 1.807) is 0 Å². The van der Waals surface area contributed by atoms with Crippen LogP contribution in [0.4, 0.5) is 17.1 Å². The molecule has 0 saturated heterocycles. The summed E-state index contributed by atoms with van der Waals surface area (Å²) in [7, 11) is 0. The molecule has 11 aromatic carbocycles. The van der Waals surface area contributed by atoms with Gasteiger partial charge >= 0.3 is 0 Å². The summed E-state index contributed by atoms with van der Waals surface area (Å²) < 4.78 is 6.61. The molecule has 0 spiro atoms. The van der Waals surface area contributed by atoms with Crippen LogP contribution in [0.15, 0.2) is 217 Å². The predicted molar refractivity (Wildman–Crippen MR) is 247 cm³/mol. The molecule has 0 amide bonds. The quantitative estimate of drug-likeness (QED) is 0.164. The van der Waals surface area contributed by atoms with E-state index in [4.69, 9.17) is 4.42 Å². The highest BCUT2D eigenvalue weighted by Gasteiger charge is 2.18. The topological polar surface area (TPSA) is 16.4 Å². The van der Waals surface area contributed by atoms with E-state index in [9.17, 15) is 0 Å². The summed E-state index contributed by atoms with van der Waals surface area (Å²) in [6.45, 7) is 0. The van der Waals surface area contributed by atoms with Crippen LogP contribution in [0.3, 0.4) is 0 Å². The van der Waals surface area contributed by atoms with Crippen LogP contribution in [-0.4, -0.2) is 0 Å². The average molecular weight is 738 g/mol. The summed E-state index contributed by atoms with van der Waals surface area (Å²) >= 11 is 0. The van der Waals surface area contributed by atoms with Gasteiger partial charge in [0.1, 0.15) is 11.2 Å². The second kappa shape index (κ2) is 12.9. The Hall–Kier alpha value is -7.68. The van der Waals surface area contributed by atoms with E-state index in [0.29, 0.717) is 0 Å². The average Bonchev–Trinajstić information content (AvgIpc) is 3.64. The molecule has 1 heterocycles.